The first-order chi connectivity index (χ1) is 3.27. The van der Waals surface area contributed by atoms with Gasteiger partial charge in [-0.3, -0.25) is 0 Å². The molecule has 44 valence electrons. The highest BCUT2D eigenvalue weighted by Crippen LogP contribution is 1.95. The summed E-state index contributed by atoms with van der Waals surface area (Å²) >= 11 is 0. The van der Waals surface area contributed by atoms with E-state index in [1.54, 1.807) is 0 Å². The molecule has 0 radical (unpaired) electrons. The lowest BCUT2D eigenvalue weighted by molar-refractivity contribution is 0.605. The molecular formula is C4H12NOP. The van der Waals surface area contributed by atoms with Crippen LogP contribution in [0.5, 0.6) is 0 Å². The van der Waals surface area contributed by atoms with Crippen LogP contribution in [0.4, 0.5) is 0 Å². The van der Waals surface area contributed by atoms with E-state index in [4.69, 9.17) is 4.89 Å². The van der Waals surface area contributed by atoms with Gasteiger partial charge in [0, 0.05) is 21.1 Å². The Hall–Kier alpha value is 0.350. The van der Waals surface area contributed by atoms with E-state index in [-0.39, 0.29) is 8.81 Å². The van der Waals surface area contributed by atoms with Crippen molar-refractivity contribution < 1.29 is 4.89 Å². The molecule has 0 aliphatic heterocycles. The maximum absolute atomic E-state index is 8.28. The van der Waals surface area contributed by atoms with Gasteiger partial charge in [-0.15, -0.1) is 0 Å². The van der Waals surface area contributed by atoms with Crippen molar-refractivity contribution in [1.82, 2.24) is 5.32 Å². The van der Waals surface area contributed by atoms with Crippen LogP contribution in [-0.2, 0) is 0 Å². The fourth-order valence-corrected chi connectivity index (χ4v) is 0.749. The molecule has 2 nitrogen and oxygen atoms in total. The normalized spacial score (nSPS) is 12.0. The molecule has 0 heterocycles. The zero-order chi connectivity index (χ0) is 5.70. The lowest BCUT2D eigenvalue weighted by Gasteiger charge is -2.02. The largest absolute Gasteiger partial charge is 0.376 e. The van der Waals surface area contributed by atoms with E-state index in [0.717, 1.165) is 6.29 Å². The van der Waals surface area contributed by atoms with Crippen molar-refractivity contribution >= 4 is 8.81 Å². The summed E-state index contributed by atoms with van der Waals surface area (Å²) in [6, 6.07) is 0.500. The molecule has 0 saturated heterocycles. The molecule has 0 aliphatic rings. The fraction of sp³-hybridized carbons (Fsp3) is 1.00. The van der Waals surface area contributed by atoms with E-state index in [1.165, 1.54) is 0 Å². The smallest absolute Gasteiger partial charge is 0.0372 e. The van der Waals surface area contributed by atoms with Crippen LogP contribution in [0.25, 0.3) is 0 Å². The van der Waals surface area contributed by atoms with E-state index in [1.807, 2.05) is 0 Å². The highest BCUT2D eigenvalue weighted by Gasteiger charge is 1.86. The Bertz CT molecular complexity index is 40.7. The molecule has 1 unspecified atom stereocenters. The first kappa shape index (κ1) is 7.35. The first-order valence-electron chi connectivity index (χ1n) is 2.37. The third kappa shape index (κ3) is 6.35. The van der Waals surface area contributed by atoms with E-state index >= 15 is 0 Å². The standard InChI is InChI=1S/C4H12NOP/c1-4(2)5-3-7-6/h4-7H,3H2,1-2H3. The quantitative estimate of drug-likeness (QED) is 0.534. The van der Waals surface area contributed by atoms with E-state index in [2.05, 4.69) is 19.2 Å². The van der Waals surface area contributed by atoms with Crippen molar-refractivity contribution in [3.63, 3.8) is 0 Å². The highest BCUT2D eigenvalue weighted by molar-refractivity contribution is 7.30. The van der Waals surface area contributed by atoms with Gasteiger partial charge in [0.15, 0.2) is 0 Å². The average molecular weight is 121 g/mol. The molecule has 0 rings (SSSR count). The van der Waals surface area contributed by atoms with E-state index in [0.29, 0.717) is 6.04 Å². The molecule has 0 spiro atoms. The summed E-state index contributed by atoms with van der Waals surface area (Å²) in [5, 5.41) is 3.06. The number of rotatable bonds is 3. The molecule has 0 aliphatic carbocycles. The fourth-order valence-electron chi connectivity index (χ4n) is 0.250. The number of hydrogen-bond donors (Lipinski definition) is 2. The summed E-state index contributed by atoms with van der Waals surface area (Å²) in [6.45, 7) is 4.11. The Balaban J connectivity index is 2.68. The van der Waals surface area contributed by atoms with Gasteiger partial charge in [-0.25, -0.2) is 0 Å². The van der Waals surface area contributed by atoms with Crippen LogP contribution >= 0.6 is 8.81 Å². The summed E-state index contributed by atoms with van der Waals surface area (Å²) in [5.41, 5.74) is 0. The predicted octanol–water partition coefficient (Wildman–Crippen LogP) is 0.528. The van der Waals surface area contributed by atoms with Gasteiger partial charge in [0.25, 0.3) is 0 Å². The van der Waals surface area contributed by atoms with Gasteiger partial charge >= 0.3 is 0 Å². The van der Waals surface area contributed by atoms with Crippen LogP contribution < -0.4 is 5.32 Å². The van der Waals surface area contributed by atoms with Crippen molar-refractivity contribution in [3.05, 3.63) is 0 Å². The van der Waals surface area contributed by atoms with E-state index in [9.17, 15) is 0 Å². The zero-order valence-corrected chi connectivity index (χ0v) is 5.73. The van der Waals surface area contributed by atoms with Crippen molar-refractivity contribution in [2.24, 2.45) is 0 Å². The maximum atomic E-state index is 8.28. The van der Waals surface area contributed by atoms with Crippen LogP contribution in [0, 0.1) is 0 Å². The molecule has 7 heavy (non-hydrogen) atoms. The second-order valence-electron chi connectivity index (χ2n) is 1.69. The van der Waals surface area contributed by atoms with Gasteiger partial charge < -0.3 is 10.2 Å². The van der Waals surface area contributed by atoms with Crippen molar-refractivity contribution in [3.8, 4) is 0 Å². The van der Waals surface area contributed by atoms with Gasteiger partial charge in [-0.2, -0.15) is 0 Å². The lowest BCUT2D eigenvalue weighted by atomic mass is 10.4. The third-order valence-corrected chi connectivity index (χ3v) is 0.952. The second-order valence-corrected chi connectivity index (χ2v) is 2.36. The van der Waals surface area contributed by atoms with Gasteiger partial charge in [0.1, 0.15) is 0 Å². The Kier molecular flexibility index (Phi) is 4.73. The van der Waals surface area contributed by atoms with Gasteiger partial charge in [0.05, 0.1) is 0 Å². The van der Waals surface area contributed by atoms with Crippen molar-refractivity contribution in [2.45, 2.75) is 19.9 Å². The van der Waals surface area contributed by atoms with Crippen LogP contribution in [0.15, 0.2) is 0 Å². The summed E-state index contributed by atoms with van der Waals surface area (Å²) in [5.74, 6) is 0. The summed E-state index contributed by atoms with van der Waals surface area (Å²) in [7, 11) is 0.0395. The van der Waals surface area contributed by atoms with Gasteiger partial charge in [0.2, 0.25) is 0 Å². The zero-order valence-electron chi connectivity index (χ0n) is 4.73. The van der Waals surface area contributed by atoms with Crippen molar-refractivity contribution in [1.29, 1.82) is 0 Å². The maximum Gasteiger partial charge on any atom is 0.0372 e. The molecule has 1 atom stereocenters. The monoisotopic (exact) mass is 121 g/mol. The lowest BCUT2D eigenvalue weighted by Crippen LogP contribution is -2.20. The molecular weight excluding hydrogens is 109 g/mol. The summed E-state index contributed by atoms with van der Waals surface area (Å²) in [6.07, 6.45) is 0.734. The molecule has 0 bridgehead atoms. The Morgan fingerprint density at radius 1 is 1.71 bits per heavy atom. The minimum atomic E-state index is 0.0395. The van der Waals surface area contributed by atoms with Crippen LogP contribution in [0.3, 0.4) is 0 Å². The van der Waals surface area contributed by atoms with Crippen LogP contribution in [0.1, 0.15) is 13.8 Å². The molecule has 0 aromatic rings. The minimum absolute atomic E-state index is 0.0395. The summed E-state index contributed by atoms with van der Waals surface area (Å²) in [4.78, 5) is 8.28. The second kappa shape index (κ2) is 4.51. The predicted molar refractivity (Wildman–Crippen MR) is 33.7 cm³/mol. The average Bonchev–Trinajstić information content (AvgIpc) is 1.61. The highest BCUT2D eigenvalue weighted by atomic mass is 31.1. The molecule has 0 saturated carbocycles. The number of hydrogen-bond acceptors (Lipinski definition) is 2. The molecule has 0 fully saturated rings. The molecule has 0 aromatic carbocycles. The molecule has 0 aromatic heterocycles. The molecule has 3 heteroatoms. The van der Waals surface area contributed by atoms with E-state index < -0.39 is 0 Å². The van der Waals surface area contributed by atoms with Gasteiger partial charge in [-0.1, -0.05) is 13.8 Å². The number of nitrogens with one attached hydrogen (secondary N) is 1. The topological polar surface area (TPSA) is 32.3 Å². The molecule has 0 amide bonds. The van der Waals surface area contributed by atoms with Crippen molar-refractivity contribution in [2.75, 3.05) is 6.29 Å². The summed E-state index contributed by atoms with van der Waals surface area (Å²) < 4.78 is 0. The first-order valence-corrected chi connectivity index (χ1v) is 3.53. The van der Waals surface area contributed by atoms with Crippen LogP contribution in [0.2, 0.25) is 0 Å². The van der Waals surface area contributed by atoms with Crippen LogP contribution in [-0.4, -0.2) is 17.2 Å². The third-order valence-electron chi connectivity index (χ3n) is 0.589. The Labute approximate surface area is 46.2 Å². The molecule has 2 N–H and O–H groups in total. The Morgan fingerprint density at radius 3 is 2.43 bits per heavy atom. The SMILES string of the molecule is CC(C)NCPO. The minimum Gasteiger partial charge on any atom is -0.376 e. The van der Waals surface area contributed by atoms with Gasteiger partial charge in [-0.05, 0) is 0 Å². The Morgan fingerprint density at radius 2 is 2.29 bits per heavy atom.